The number of aromatic amines is 1. The topological polar surface area (TPSA) is 123 Å². The van der Waals surface area contributed by atoms with E-state index in [1.807, 2.05) is 0 Å². The van der Waals surface area contributed by atoms with Crippen LogP contribution >= 0.6 is 23.1 Å². The van der Waals surface area contributed by atoms with Crippen molar-refractivity contribution < 1.29 is 28.7 Å². The summed E-state index contributed by atoms with van der Waals surface area (Å²) in [7, 11) is 0. The van der Waals surface area contributed by atoms with Crippen LogP contribution in [-0.2, 0) is 23.9 Å². The molecule has 3 heterocycles. The highest BCUT2D eigenvalue weighted by Crippen LogP contribution is 2.51. The lowest BCUT2D eigenvalue weighted by atomic mass is 9.88. The van der Waals surface area contributed by atoms with Crippen LogP contribution in [-0.4, -0.2) is 46.7 Å². The molecule has 0 bridgehead atoms. The number of nitrogens with one attached hydrogen (secondary N) is 1. The molecular weight excluding hydrogens is 456 g/mol. The summed E-state index contributed by atoms with van der Waals surface area (Å²) < 4.78 is 10.3. The van der Waals surface area contributed by atoms with Crippen LogP contribution in [0.1, 0.15) is 41.9 Å². The number of benzene rings is 1. The van der Waals surface area contributed by atoms with E-state index in [0.717, 1.165) is 28.0 Å². The molecule has 1 saturated heterocycles. The number of rotatable bonds is 5. The van der Waals surface area contributed by atoms with Crippen LogP contribution in [0, 0.1) is 5.92 Å². The number of imide groups is 1. The monoisotopic (exact) mass is 476 g/mol. The first-order valence-corrected chi connectivity index (χ1v) is 11.7. The van der Waals surface area contributed by atoms with Crippen molar-refractivity contribution in [2.45, 2.75) is 43.1 Å². The van der Waals surface area contributed by atoms with E-state index in [9.17, 15) is 24.0 Å². The molecule has 1 aromatic heterocycles. The average molecular weight is 477 g/mol. The number of fused-ring (bicyclic) bond motifs is 2. The Kier molecular flexibility index (Phi) is 5.95. The molecule has 2 aliphatic rings. The molecule has 9 nitrogen and oxygen atoms in total. The van der Waals surface area contributed by atoms with E-state index < -0.39 is 46.9 Å². The SMILES string of the molecule is CCOC(=O)c1ccc(N2C(=O)C3Sc4[nH]c(=O)sc4C(C(=O)OC(C)C)C3C2=O)cc1. The first-order valence-electron chi connectivity index (χ1n) is 9.98. The van der Waals surface area contributed by atoms with E-state index >= 15 is 0 Å². The smallest absolute Gasteiger partial charge is 0.338 e. The zero-order valence-corrected chi connectivity index (χ0v) is 19.1. The van der Waals surface area contributed by atoms with E-state index in [-0.39, 0.29) is 17.2 Å². The second-order valence-electron chi connectivity index (χ2n) is 7.51. The van der Waals surface area contributed by atoms with Gasteiger partial charge in [-0.15, -0.1) is 0 Å². The Balaban J connectivity index is 1.70. The Hall–Kier alpha value is -2.92. The molecule has 3 atom stereocenters. The normalized spacial score (nSPS) is 22.0. The van der Waals surface area contributed by atoms with Gasteiger partial charge in [0.15, 0.2) is 0 Å². The summed E-state index contributed by atoms with van der Waals surface area (Å²) in [6, 6.07) is 5.93. The van der Waals surface area contributed by atoms with Crippen LogP contribution in [0.5, 0.6) is 0 Å². The van der Waals surface area contributed by atoms with E-state index in [1.54, 1.807) is 20.8 Å². The fourth-order valence-electron chi connectivity index (χ4n) is 3.79. The van der Waals surface area contributed by atoms with E-state index in [4.69, 9.17) is 9.47 Å². The fraction of sp³-hybridized carbons (Fsp3) is 0.381. The number of hydrogen-bond donors (Lipinski definition) is 1. The number of aromatic nitrogens is 1. The summed E-state index contributed by atoms with van der Waals surface area (Å²) in [5.41, 5.74) is 0.579. The number of carbonyl (C=O) groups is 4. The molecule has 1 fully saturated rings. The number of anilines is 1. The van der Waals surface area contributed by atoms with Crippen molar-refractivity contribution in [3.8, 4) is 0 Å². The molecule has 3 unspecified atom stereocenters. The number of amides is 2. The first kappa shape index (κ1) is 22.3. The third-order valence-corrected chi connectivity index (χ3v) is 7.47. The van der Waals surface area contributed by atoms with E-state index in [0.29, 0.717) is 15.5 Å². The number of ether oxygens (including phenoxy) is 2. The predicted molar refractivity (Wildman–Crippen MR) is 117 cm³/mol. The van der Waals surface area contributed by atoms with Crippen LogP contribution < -0.4 is 9.77 Å². The van der Waals surface area contributed by atoms with Crippen LogP contribution in [0.25, 0.3) is 0 Å². The van der Waals surface area contributed by atoms with Gasteiger partial charge in [0.1, 0.15) is 11.2 Å². The molecule has 0 radical (unpaired) electrons. The molecule has 2 amide bonds. The Morgan fingerprint density at radius 1 is 1.12 bits per heavy atom. The largest absolute Gasteiger partial charge is 0.462 e. The van der Waals surface area contributed by atoms with E-state index in [1.165, 1.54) is 24.3 Å². The molecular formula is C21H20N2O7S2. The summed E-state index contributed by atoms with van der Waals surface area (Å²) in [5, 5.41) is -0.470. The zero-order chi connectivity index (χ0) is 23.2. The third-order valence-electron chi connectivity index (χ3n) is 5.07. The van der Waals surface area contributed by atoms with Gasteiger partial charge >= 0.3 is 16.8 Å². The second kappa shape index (κ2) is 8.55. The first-order chi connectivity index (χ1) is 15.2. The molecule has 0 spiro atoms. The van der Waals surface area contributed by atoms with Gasteiger partial charge in [0, 0.05) is 0 Å². The second-order valence-corrected chi connectivity index (χ2v) is 9.68. The minimum absolute atomic E-state index is 0.227. The van der Waals surface area contributed by atoms with Gasteiger partial charge in [0.2, 0.25) is 11.8 Å². The van der Waals surface area contributed by atoms with Gasteiger partial charge in [-0.25, -0.2) is 9.69 Å². The predicted octanol–water partition coefficient (Wildman–Crippen LogP) is 2.31. The van der Waals surface area contributed by atoms with Crippen molar-refractivity contribution in [2.75, 3.05) is 11.5 Å². The fourth-order valence-corrected chi connectivity index (χ4v) is 6.27. The summed E-state index contributed by atoms with van der Waals surface area (Å²) >= 11 is 1.92. The highest BCUT2D eigenvalue weighted by atomic mass is 32.2. The lowest BCUT2D eigenvalue weighted by molar-refractivity contribution is -0.152. The van der Waals surface area contributed by atoms with Crippen molar-refractivity contribution >= 4 is 52.5 Å². The van der Waals surface area contributed by atoms with Crippen molar-refractivity contribution in [1.82, 2.24) is 4.98 Å². The average Bonchev–Trinajstić information content (AvgIpc) is 3.22. The standard InChI is InChI=1S/C21H20N2O7S2/c1-4-29-19(26)10-5-7-11(8-6-10)23-17(24)12-13(20(27)30-9(2)3)14-16(22-21(28)32-14)31-15(12)18(23)25/h5-9,12-13,15H,4H2,1-3H3,(H,22,28). The van der Waals surface area contributed by atoms with Crippen molar-refractivity contribution in [3.63, 3.8) is 0 Å². The van der Waals surface area contributed by atoms with Gasteiger partial charge in [-0.3, -0.25) is 19.2 Å². The Bertz CT molecular complexity index is 1150. The summed E-state index contributed by atoms with van der Waals surface area (Å²) in [4.78, 5) is 67.1. The van der Waals surface area contributed by atoms with Crippen molar-refractivity contribution in [2.24, 2.45) is 5.92 Å². The number of nitrogens with zero attached hydrogens (tertiary/aromatic N) is 1. The number of H-pyrrole nitrogens is 1. The minimum Gasteiger partial charge on any atom is -0.462 e. The summed E-state index contributed by atoms with van der Waals surface area (Å²) in [6.07, 6.45) is -0.423. The maximum Gasteiger partial charge on any atom is 0.338 e. The van der Waals surface area contributed by atoms with Crippen LogP contribution in [0.2, 0.25) is 0 Å². The van der Waals surface area contributed by atoms with Crippen LogP contribution in [0.3, 0.4) is 0 Å². The summed E-state index contributed by atoms with van der Waals surface area (Å²) in [6.45, 7) is 5.29. The quantitative estimate of drug-likeness (QED) is 0.515. The molecule has 4 rings (SSSR count). The maximum absolute atomic E-state index is 13.4. The Morgan fingerprint density at radius 3 is 2.44 bits per heavy atom. The highest BCUT2D eigenvalue weighted by Gasteiger charge is 2.58. The van der Waals surface area contributed by atoms with Gasteiger partial charge in [-0.1, -0.05) is 23.1 Å². The maximum atomic E-state index is 13.4. The van der Waals surface area contributed by atoms with Crippen LogP contribution in [0.4, 0.5) is 5.69 Å². The van der Waals surface area contributed by atoms with Crippen molar-refractivity contribution in [3.05, 3.63) is 44.4 Å². The molecule has 0 aliphatic carbocycles. The van der Waals surface area contributed by atoms with Crippen LogP contribution in [0.15, 0.2) is 34.1 Å². The van der Waals surface area contributed by atoms with Gasteiger partial charge in [0.05, 0.1) is 39.8 Å². The molecule has 2 aromatic rings. The molecule has 32 heavy (non-hydrogen) atoms. The molecule has 2 aliphatic heterocycles. The van der Waals surface area contributed by atoms with Gasteiger partial charge in [-0.2, -0.15) is 0 Å². The lowest BCUT2D eigenvalue weighted by Crippen LogP contribution is -2.36. The number of thiazole rings is 1. The molecule has 1 aromatic carbocycles. The minimum atomic E-state index is -1.05. The number of carbonyl (C=O) groups excluding carboxylic acids is 4. The lowest BCUT2D eigenvalue weighted by Gasteiger charge is -2.28. The molecule has 0 saturated carbocycles. The zero-order valence-electron chi connectivity index (χ0n) is 17.4. The van der Waals surface area contributed by atoms with Gasteiger partial charge in [0.25, 0.3) is 0 Å². The molecule has 11 heteroatoms. The van der Waals surface area contributed by atoms with Crippen molar-refractivity contribution in [1.29, 1.82) is 0 Å². The highest BCUT2D eigenvalue weighted by molar-refractivity contribution is 8.00. The number of esters is 2. The number of hydrogen-bond acceptors (Lipinski definition) is 9. The Labute approximate surface area is 191 Å². The molecule has 1 N–H and O–H groups in total. The summed E-state index contributed by atoms with van der Waals surface area (Å²) in [5.74, 6) is -4.24. The van der Waals surface area contributed by atoms with E-state index in [2.05, 4.69) is 4.98 Å². The molecule has 168 valence electrons. The number of thioether (sulfide) groups is 1. The Morgan fingerprint density at radius 2 is 1.81 bits per heavy atom. The third kappa shape index (κ3) is 3.75. The van der Waals surface area contributed by atoms with Gasteiger partial charge < -0.3 is 14.5 Å². The van der Waals surface area contributed by atoms with Gasteiger partial charge in [-0.05, 0) is 45.0 Å².